The van der Waals surface area contributed by atoms with Crippen LogP contribution >= 0.6 is 0 Å². The molecule has 126 valence electrons. The second-order valence-corrected chi connectivity index (χ2v) is 4.12. The summed E-state index contributed by atoms with van der Waals surface area (Å²) >= 11 is 0. The molecule has 25 heavy (non-hydrogen) atoms. The van der Waals surface area contributed by atoms with Gasteiger partial charge in [-0.25, -0.2) is 9.97 Å². The predicted molar refractivity (Wildman–Crippen MR) is 71.8 cm³/mol. The summed E-state index contributed by atoms with van der Waals surface area (Å²) in [7, 11) is 0. The monoisotopic (exact) mass is 349 g/mol. The second-order valence-electron chi connectivity index (χ2n) is 4.12. The first-order chi connectivity index (χ1) is 11.9. The largest absolute Gasteiger partial charge is 0.491 e. The number of nitrogens with zero attached hydrogens (tertiary/aromatic N) is 11. The van der Waals surface area contributed by atoms with Gasteiger partial charge in [-0.05, 0) is 9.85 Å². The average molecular weight is 349 g/mol. The van der Waals surface area contributed by atoms with E-state index in [0.717, 1.165) is 19.0 Å². The van der Waals surface area contributed by atoms with E-state index in [1.54, 1.807) is 0 Å². The number of hydrogen-bond donors (Lipinski definition) is 0. The minimum absolute atomic E-state index is 0.450. The molecule has 17 nitrogen and oxygen atoms in total. The maximum Gasteiger partial charge on any atom is 0.491 e. The summed E-state index contributed by atoms with van der Waals surface area (Å²) in [6.07, 6.45) is 2.58. The molecule has 0 atom stereocenters. The summed E-state index contributed by atoms with van der Waals surface area (Å²) < 4.78 is 1.40. The van der Waals surface area contributed by atoms with Crippen molar-refractivity contribution in [2.45, 2.75) is 0 Å². The second kappa shape index (κ2) is 5.64. The summed E-state index contributed by atoms with van der Waals surface area (Å²) in [5.74, 6) is -2.50. The van der Waals surface area contributed by atoms with E-state index in [9.17, 15) is 30.3 Å². The number of aromatic nitrogens is 8. The molecule has 0 spiro atoms. The Morgan fingerprint density at radius 2 is 1.16 bits per heavy atom. The van der Waals surface area contributed by atoms with Crippen molar-refractivity contribution in [2.75, 3.05) is 0 Å². The van der Waals surface area contributed by atoms with E-state index >= 15 is 0 Å². The fourth-order valence-electron chi connectivity index (χ4n) is 1.74. The third-order valence-electron chi connectivity index (χ3n) is 2.69. The molecule has 3 heterocycles. The topological polar surface area (TPSA) is 217 Å². The number of nitro groups is 3. The highest BCUT2D eigenvalue weighted by Gasteiger charge is 2.31. The van der Waals surface area contributed by atoms with E-state index in [2.05, 4.69) is 30.1 Å². The van der Waals surface area contributed by atoms with Gasteiger partial charge in [0, 0.05) is 10.2 Å². The highest BCUT2D eigenvalue weighted by molar-refractivity contribution is 5.56. The highest BCUT2D eigenvalue weighted by Crippen LogP contribution is 2.26. The van der Waals surface area contributed by atoms with Crippen LogP contribution in [0.25, 0.3) is 11.6 Å². The Morgan fingerprint density at radius 3 is 1.48 bits per heavy atom. The molecule has 0 aromatic carbocycles. The van der Waals surface area contributed by atoms with Crippen molar-refractivity contribution in [1.82, 2.24) is 39.5 Å². The molecular formula is C8H3N11O6. The zero-order valence-corrected chi connectivity index (χ0v) is 11.6. The maximum absolute atomic E-state index is 11.4. The van der Waals surface area contributed by atoms with Gasteiger partial charge >= 0.3 is 17.6 Å². The van der Waals surface area contributed by atoms with Crippen molar-refractivity contribution in [3.05, 3.63) is 49.3 Å². The molecular weight excluding hydrogens is 346 g/mol. The van der Waals surface area contributed by atoms with E-state index in [1.807, 2.05) is 0 Å². The summed E-state index contributed by atoms with van der Waals surface area (Å²) in [5.41, 5.74) is -0.762. The van der Waals surface area contributed by atoms with Crippen molar-refractivity contribution in [3.63, 3.8) is 0 Å². The average Bonchev–Trinajstić information content (AvgIpc) is 3.23. The molecule has 0 amide bonds. The zero-order valence-electron chi connectivity index (χ0n) is 11.6. The van der Waals surface area contributed by atoms with Gasteiger partial charge in [0.25, 0.3) is 11.6 Å². The Balaban J connectivity index is 2.18. The number of rotatable bonds is 5. The molecule has 0 fully saturated rings. The summed E-state index contributed by atoms with van der Waals surface area (Å²) in [6, 6.07) is 0. The van der Waals surface area contributed by atoms with Crippen LogP contribution in [0.1, 0.15) is 0 Å². The van der Waals surface area contributed by atoms with Gasteiger partial charge in [-0.15, -0.1) is 9.36 Å². The molecule has 3 aromatic rings. The van der Waals surface area contributed by atoms with E-state index in [4.69, 9.17) is 0 Å². The molecule has 0 aliphatic heterocycles. The van der Waals surface area contributed by atoms with E-state index in [1.165, 1.54) is 0 Å². The SMILES string of the molecule is O=[N+]([O-])c1ncn(-c2ncnc(-n3cnc([N+](=O)[O-])n3)c2[N+](=O)[O-])n1. The van der Waals surface area contributed by atoms with Gasteiger partial charge in [-0.1, -0.05) is 9.97 Å². The van der Waals surface area contributed by atoms with Crippen LogP contribution in [0.4, 0.5) is 17.6 Å². The first-order valence-electron chi connectivity index (χ1n) is 6.00. The molecule has 0 saturated carbocycles. The van der Waals surface area contributed by atoms with Crippen molar-refractivity contribution in [2.24, 2.45) is 0 Å². The lowest BCUT2D eigenvalue weighted by Crippen LogP contribution is -2.10. The Morgan fingerprint density at radius 1 is 0.720 bits per heavy atom. The van der Waals surface area contributed by atoms with Crippen LogP contribution in [-0.4, -0.2) is 54.3 Å². The number of hydrogen-bond acceptors (Lipinski definition) is 12. The van der Waals surface area contributed by atoms with Crippen LogP contribution in [-0.2, 0) is 0 Å². The molecule has 0 aliphatic carbocycles. The molecule has 3 aromatic heterocycles. The minimum Gasteiger partial charge on any atom is -0.390 e. The normalized spacial score (nSPS) is 10.6. The lowest BCUT2D eigenvalue weighted by molar-refractivity contribution is -0.394. The summed E-state index contributed by atoms with van der Waals surface area (Å²) in [5, 5.41) is 39.6. The Hall–Kier alpha value is -4.44. The van der Waals surface area contributed by atoms with E-state index < -0.39 is 44.0 Å². The van der Waals surface area contributed by atoms with Crippen LogP contribution in [0.2, 0.25) is 0 Å². The Bertz CT molecular complexity index is 937. The van der Waals surface area contributed by atoms with Gasteiger partial charge in [-0.2, -0.15) is 0 Å². The predicted octanol–water partition coefficient (Wildman–Crippen LogP) is -0.637. The first kappa shape index (κ1) is 15.5. The maximum atomic E-state index is 11.4. The minimum atomic E-state index is -0.898. The Labute approximate surface area is 134 Å². The van der Waals surface area contributed by atoms with Crippen molar-refractivity contribution in [1.29, 1.82) is 0 Å². The lowest BCUT2D eigenvalue weighted by atomic mass is 10.4. The first-order valence-corrected chi connectivity index (χ1v) is 6.00. The van der Waals surface area contributed by atoms with Crippen LogP contribution in [0.5, 0.6) is 0 Å². The molecule has 0 saturated heterocycles. The molecule has 17 heteroatoms. The molecule has 0 N–H and O–H groups in total. The van der Waals surface area contributed by atoms with E-state index in [-0.39, 0.29) is 0 Å². The lowest BCUT2D eigenvalue weighted by Gasteiger charge is -2.01. The van der Waals surface area contributed by atoms with Gasteiger partial charge in [-0.3, -0.25) is 10.1 Å². The summed E-state index contributed by atoms with van der Waals surface area (Å²) in [4.78, 5) is 44.0. The third-order valence-corrected chi connectivity index (χ3v) is 2.69. The van der Waals surface area contributed by atoms with Gasteiger partial charge in [0.2, 0.25) is 12.7 Å². The molecule has 0 bridgehead atoms. The van der Waals surface area contributed by atoms with Gasteiger partial charge in [0.1, 0.15) is 6.33 Å². The standard InChI is InChI=1S/C8H3N11O6/c20-17(21)4-5(15-2-11-7(13-15)18(22)23)9-1-10-6(4)16-3-12-8(14-16)19(24)25/h1-3H. The van der Waals surface area contributed by atoms with E-state index in [0.29, 0.717) is 9.36 Å². The van der Waals surface area contributed by atoms with Crippen molar-refractivity contribution >= 4 is 17.6 Å². The van der Waals surface area contributed by atoms with Crippen LogP contribution in [0.15, 0.2) is 19.0 Å². The molecule has 0 unspecified atom stereocenters. The Kier molecular flexibility index (Phi) is 3.49. The van der Waals surface area contributed by atoms with Crippen molar-refractivity contribution in [3.8, 4) is 11.6 Å². The van der Waals surface area contributed by atoms with Crippen LogP contribution < -0.4 is 0 Å². The van der Waals surface area contributed by atoms with Crippen LogP contribution in [0, 0.1) is 30.3 Å². The van der Waals surface area contributed by atoms with Gasteiger partial charge in [0.15, 0.2) is 0 Å². The fraction of sp³-hybridized carbons (Fsp3) is 0. The smallest absolute Gasteiger partial charge is 0.390 e. The molecule has 0 radical (unpaired) electrons. The van der Waals surface area contributed by atoms with Crippen LogP contribution in [0.3, 0.4) is 0 Å². The zero-order chi connectivity index (χ0) is 18.1. The quantitative estimate of drug-likeness (QED) is 0.415. The van der Waals surface area contributed by atoms with Crippen molar-refractivity contribution < 1.29 is 14.8 Å². The van der Waals surface area contributed by atoms with Gasteiger partial charge < -0.3 is 20.2 Å². The molecule has 0 aliphatic rings. The summed E-state index contributed by atoms with van der Waals surface area (Å²) in [6.45, 7) is 0. The highest BCUT2D eigenvalue weighted by atomic mass is 16.6. The van der Waals surface area contributed by atoms with Gasteiger partial charge in [0.05, 0.1) is 4.92 Å². The fourth-order valence-corrected chi connectivity index (χ4v) is 1.74. The third kappa shape index (κ3) is 2.67. The molecule has 3 rings (SSSR count).